The molecule has 0 N–H and O–H groups in total. The van der Waals surface area contributed by atoms with E-state index >= 15 is 0 Å². The number of hydrogen-bond donors (Lipinski definition) is 0. The molecule has 3 nitrogen and oxygen atoms in total. The van der Waals surface area contributed by atoms with Crippen molar-refractivity contribution in [2.75, 3.05) is 6.61 Å². The molecule has 0 amide bonds. The normalized spacial score (nSPS) is 10.6. The molecule has 116 valence electrons. The lowest BCUT2D eigenvalue weighted by Crippen LogP contribution is -1.94. The number of ether oxygens (including phenoxy) is 1. The van der Waals surface area contributed by atoms with Crippen molar-refractivity contribution < 1.29 is 9.53 Å². The largest absolute Gasteiger partial charge is 0.479 e. The highest BCUT2D eigenvalue weighted by Crippen LogP contribution is 2.17. The Bertz CT molecular complexity index is 934. The Morgan fingerprint density at radius 2 is 1.75 bits per heavy atom. The number of benzene rings is 3. The van der Waals surface area contributed by atoms with Gasteiger partial charge in [0, 0.05) is 5.56 Å². The minimum Gasteiger partial charge on any atom is -0.479 e. The molecule has 0 aliphatic heterocycles. The van der Waals surface area contributed by atoms with Gasteiger partial charge in [0.2, 0.25) is 0 Å². The van der Waals surface area contributed by atoms with Gasteiger partial charge in [0.1, 0.15) is 11.8 Å². The second kappa shape index (κ2) is 7.26. The molecule has 0 bridgehead atoms. The molecule has 0 aliphatic carbocycles. The van der Waals surface area contributed by atoms with Gasteiger partial charge in [-0.05, 0) is 40.6 Å². The SMILES string of the molecule is N#CCOc1ccc(/C=C/C(=O)c2ccc3ccccc3c2)cc1. The highest BCUT2D eigenvalue weighted by Gasteiger charge is 2.03. The van der Waals surface area contributed by atoms with Crippen LogP contribution in [0.15, 0.2) is 72.8 Å². The zero-order chi connectivity index (χ0) is 16.8. The number of carbonyl (C=O) groups is 1. The highest BCUT2D eigenvalue weighted by atomic mass is 16.5. The van der Waals surface area contributed by atoms with E-state index in [2.05, 4.69) is 0 Å². The van der Waals surface area contributed by atoms with E-state index in [0.717, 1.165) is 16.3 Å². The molecule has 0 saturated heterocycles. The van der Waals surface area contributed by atoms with Crippen LogP contribution in [0.1, 0.15) is 15.9 Å². The second-order valence-corrected chi connectivity index (χ2v) is 5.28. The summed E-state index contributed by atoms with van der Waals surface area (Å²) < 4.78 is 5.19. The molecule has 0 unspecified atom stereocenters. The molecule has 0 atom stereocenters. The van der Waals surface area contributed by atoms with Gasteiger partial charge in [-0.15, -0.1) is 0 Å². The first-order chi connectivity index (χ1) is 11.8. The van der Waals surface area contributed by atoms with E-state index in [1.807, 2.05) is 60.7 Å². The summed E-state index contributed by atoms with van der Waals surface area (Å²) in [5.74, 6) is 0.597. The average molecular weight is 313 g/mol. The zero-order valence-corrected chi connectivity index (χ0v) is 13.0. The quantitative estimate of drug-likeness (QED) is 0.509. The van der Waals surface area contributed by atoms with Crippen molar-refractivity contribution >= 4 is 22.6 Å². The minimum absolute atomic E-state index is 0.0234. The van der Waals surface area contributed by atoms with Crippen LogP contribution in [-0.2, 0) is 0 Å². The van der Waals surface area contributed by atoms with Gasteiger partial charge >= 0.3 is 0 Å². The Labute approximate surface area is 140 Å². The summed E-state index contributed by atoms with van der Waals surface area (Å²) in [6.45, 7) is 0.0234. The number of allylic oxidation sites excluding steroid dienone is 1. The fourth-order valence-electron chi connectivity index (χ4n) is 2.40. The van der Waals surface area contributed by atoms with E-state index in [4.69, 9.17) is 10.00 Å². The Kier molecular flexibility index (Phi) is 4.69. The van der Waals surface area contributed by atoms with Gasteiger partial charge in [-0.2, -0.15) is 5.26 Å². The molecular formula is C21H15NO2. The number of rotatable bonds is 5. The Morgan fingerprint density at radius 1 is 1.00 bits per heavy atom. The van der Waals surface area contributed by atoms with Crippen molar-refractivity contribution in [1.82, 2.24) is 0 Å². The molecule has 3 rings (SSSR count). The van der Waals surface area contributed by atoms with E-state index in [0.29, 0.717) is 11.3 Å². The van der Waals surface area contributed by atoms with Crippen LogP contribution in [0.2, 0.25) is 0 Å². The summed E-state index contributed by atoms with van der Waals surface area (Å²) in [4.78, 5) is 12.3. The molecule has 0 aromatic heterocycles. The molecule has 0 radical (unpaired) electrons. The van der Waals surface area contributed by atoms with Gasteiger partial charge in [-0.25, -0.2) is 0 Å². The third kappa shape index (κ3) is 3.68. The van der Waals surface area contributed by atoms with Crippen molar-refractivity contribution in [1.29, 1.82) is 5.26 Å². The number of nitriles is 1. The van der Waals surface area contributed by atoms with E-state index in [-0.39, 0.29) is 12.4 Å². The smallest absolute Gasteiger partial charge is 0.185 e. The van der Waals surface area contributed by atoms with Crippen LogP contribution in [0.4, 0.5) is 0 Å². The lowest BCUT2D eigenvalue weighted by molar-refractivity contribution is 0.104. The summed E-state index contributed by atoms with van der Waals surface area (Å²) in [5.41, 5.74) is 1.56. The van der Waals surface area contributed by atoms with Gasteiger partial charge in [0.15, 0.2) is 12.4 Å². The second-order valence-electron chi connectivity index (χ2n) is 5.28. The van der Waals surface area contributed by atoms with E-state index in [9.17, 15) is 4.79 Å². The standard InChI is InChI=1S/C21H15NO2/c22-13-14-24-20-10-5-16(6-11-20)7-12-21(23)19-9-8-17-3-1-2-4-18(17)15-19/h1-12,15H,14H2/b12-7+. The minimum atomic E-state index is -0.0365. The summed E-state index contributed by atoms with van der Waals surface area (Å²) >= 11 is 0. The topological polar surface area (TPSA) is 50.1 Å². The van der Waals surface area contributed by atoms with Crippen molar-refractivity contribution in [3.63, 3.8) is 0 Å². The van der Waals surface area contributed by atoms with Crippen LogP contribution in [0, 0.1) is 11.3 Å². The first kappa shape index (κ1) is 15.5. The molecule has 0 fully saturated rings. The molecule has 0 saturated carbocycles. The lowest BCUT2D eigenvalue weighted by Gasteiger charge is -2.02. The van der Waals surface area contributed by atoms with Crippen LogP contribution in [-0.4, -0.2) is 12.4 Å². The van der Waals surface area contributed by atoms with E-state index in [1.54, 1.807) is 24.3 Å². The molecule has 0 aliphatic rings. The van der Waals surface area contributed by atoms with Crippen LogP contribution in [0.5, 0.6) is 5.75 Å². The van der Waals surface area contributed by atoms with Crippen molar-refractivity contribution in [3.05, 3.63) is 83.9 Å². The molecule has 24 heavy (non-hydrogen) atoms. The number of fused-ring (bicyclic) bond motifs is 1. The maximum atomic E-state index is 12.3. The predicted octanol–water partition coefficient (Wildman–Crippen LogP) is 4.64. The number of nitrogens with zero attached hydrogens (tertiary/aromatic N) is 1. The molecule has 0 spiro atoms. The van der Waals surface area contributed by atoms with Gasteiger partial charge in [-0.1, -0.05) is 54.6 Å². The Morgan fingerprint density at radius 3 is 2.50 bits per heavy atom. The molecule has 3 heteroatoms. The van der Waals surface area contributed by atoms with Gasteiger partial charge < -0.3 is 4.74 Å². The van der Waals surface area contributed by atoms with Crippen LogP contribution in [0.25, 0.3) is 16.8 Å². The fourth-order valence-corrected chi connectivity index (χ4v) is 2.40. The molecule has 0 heterocycles. The number of carbonyl (C=O) groups excluding carboxylic acids is 1. The fraction of sp³-hybridized carbons (Fsp3) is 0.0476. The van der Waals surface area contributed by atoms with Crippen molar-refractivity contribution in [3.8, 4) is 11.8 Å². The van der Waals surface area contributed by atoms with E-state index in [1.165, 1.54) is 0 Å². The summed E-state index contributed by atoms with van der Waals surface area (Å²) in [6.07, 6.45) is 3.33. The summed E-state index contributed by atoms with van der Waals surface area (Å²) in [5, 5.41) is 10.6. The molecular weight excluding hydrogens is 298 g/mol. The van der Waals surface area contributed by atoms with E-state index < -0.39 is 0 Å². The summed E-state index contributed by atoms with van der Waals surface area (Å²) in [6, 6.07) is 22.8. The number of hydrogen-bond acceptors (Lipinski definition) is 3. The third-order valence-corrected chi connectivity index (χ3v) is 3.64. The van der Waals surface area contributed by atoms with Crippen LogP contribution < -0.4 is 4.74 Å². The van der Waals surface area contributed by atoms with Gasteiger partial charge in [0.05, 0.1) is 0 Å². The van der Waals surface area contributed by atoms with Crippen LogP contribution in [0.3, 0.4) is 0 Å². The average Bonchev–Trinajstić information content (AvgIpc) is 2.65. The molecule has 3 aromatic rings. The number of ketones is 1. The monoisotopic (exact) mass is 313 g/mol. The maximum Gasteiger partial charge on any atom is 0.185 e. The van der Waals surface area contributed by atoms with Crippen molar-refractivity contribution in [2.45, 2.75) is 0 Å². The third-order valence-electron chi connectivity index (χ3n) is 3.64. The highest BCUT2D eigenvalue weighted by molar-refractivity contribution is 6.08. The zero-order valence-electron chi connectivity index (χ0n) is 13.0. The maximum absolute atomic E-state index is 12.3. The van der Waals surface area contributed by atoms with Gasteiger partial charge in [0.25, 0.3) is 0 Å². The lowest BCUT2D eigenvalue weighted by atomic mass is 10.0. The first-order valence-corrected chi connectivity index (χ1v) is 7.57. The van der Waals surface area contributed by atoms with Gasteiger partial charge in [-0.3, -0.25) is 4.79 Å². The first-order valence-electron chi connectivity index (χ1n) is 7.57. The molecule has 3 aromatic carbocycles. The Hall–Kier alpha value is -3.38. The summed E-state index contributed by atoms with van der Waals surface area (Å²) in [7, 11) is 0. The van der Waals surface area contributed by atoms with Crippen molar-refractivity contribution in [2.24, 2.45) is 0 Å². The van der Waals surface area contributed by atoms with Crippen LogP contribution >= 0.6 is 0 Å². The Balaban J connectivity index is 1.73. The predicted molar refractivity (Wildman–Crippen MR) is 94.9 cm³/mol.